The number of sulfonamides is 1. The van der Waals surface area contributed by atoms with Crippen molar-refractivity contribution in [1.82, 2.24) is 18.6 Å². The van der Waals surface area contributed by atoms with E-state index in [4.69, 9.17) is 33.2 Å². The summed E-state index contributed by atoms with van der Waals surface area (Å²) in [5.41, 5.74) is 1.60. The SMILES string of the molecule is COc1ccc(S(=O)(=O)N(CCO)CCOC2CC(c3c(C)n(C)n(-c4ccccc4)c3=O)C=C(C(=O)N3CCOCCOCCOCCOCC3)O2)cc1. The number of ether oxygens (including phenoxy) is 7. The van der Waals surface area contributed by atoms with Crippen LogP contribution in [0.25, 0.3) is 5.69 Å². The summed E-state index contributed by atoms with van der Waals surface area (Å²) in [4.78, 5) is 30.0. The molecule has 2 aromatic carbocycles. The number of methoxy groups -OCH3 is 1. The molecule has 0 radical (unpaired) electrons. The average molecular weight is 789 g/mol. The van der Waals surface area contributed by atoms with Gasteiger partial charge in [0, 0.05) is 56.8 Å². The number of amides is 1. The van der Waals surface area contributed by atoms with Crippen LogP contribution in [0, 0.1) is 6.92 Å². The Balaban J connectivity index is 1.40. The van der Waals surface area contributed by atoms with E-state index in [9.17, 15) is 23.1 Å². The standard InChI is InChI=1S/C38H52N4O12S/c1-29-36(38(45)42(39(29)2)31-7-5-4-6-8-31)30-27-34(37(44)40-14-18-49-21-23-51-25-26-52-24-22-50-19-15-40)54-35(28-30)53-20-16-41(13-17-43)55(46,47)33-11-9-32(48-3)10-12-33/h4-12,27,30,35,43H,13-26,28H2,1-3H3. The molecular formula is C38H52N4O12S. The number of carbonyl (C=O) groups excluding carboxylic acids is 1. The molecule has 2 unspecified atom stereocenters. The Bertz CT molecular complexity index is 1850. The van der Waals surface area contributed by atoms with Crippen LogP contribution in [0.2, 0.25) is 0 Å². The molecule has 2 aliphatic rings. The van der Waals surface area contributed by atoms with Crippen molar-refractivity contribution < 1.29 is 51.5 Å². The fourth-order valence-electron chi connectivity index (χ4n) is 6.36. The maximum atomic E-state index is 14.2. The van der Waals surface area contributed by atoms with E-state index in [1.165, 1.54) is 19.2 Å². The number of aliphatic hydroxyl groups is 1. The van der Waals surface area contributed by atoms with E-state index in [0.29, 0.717) is 62.3 Å². The lowest BCUT2D eigenvalue weighted by molar-refractivity contribution is -0.153. The summed E-state index contributed by atoms with van der Waals surface area (Å²) in [6, 6.07) is 15.2. The van der Waals surface area contributed by atoms with Crippen molar-refractivity contribution in [2.45, 2.75) is 30.4 Å². The Morgan fingerprint density at radius 3 is 2.07 bits per heavy atom. The molecule has 1 amide bonds. The highest BCUT2D eigenvalue weighted by Gasteiger charge is 2.35. The molecule has 55 heavy (non-hydrogen) atoms. The number of rotatable bonds is 12. The van der Waals surface area contributed by atoms with Gasteiger partial charge in [-0.05, 0) is 49.4 Å². The zero-order chi connectivity index (χ0) is 39.2. The predicted molar refractivity (Wildman–Crippen MR) is 201 cm³/mol. The molecule has 16 nitrogen and oxygen atoms in total. The van der Waals surface area contributed by atoms with Gasteiger partial charge in [-0.2, -0.15) is 4.31 Å². The second-order valence-electron chi connectivity index (χ2n) is 12.8. The van der Waals surface area contributed by atoms with Crippen LogP contribution in [0.3, 0.4) is 0 Å². The van der Waals surface area contributed by atoms with Crippen molar-refractivity contribution >= 4 is 15.9 Å². The molecule has 302 valence electrons. The number of allylic oxidation sites excluding steroid dienone is 1. The number of benzene rings is 2. The van der Waals surface area contributed by atoms with Crippen LogP contribution in [-0.4, -0.2) is 144 Å². The molecule has 1 aromatic heterocycles. The minimum Gasteiger partial charge on any atom is -0.497 e. The first-order valence-corrected chi connectivity index (χ1v) is 19.8. The summed E-state index contributed by atoms with van der Waals surface area (Å²) < 4.78 is 71.6. The molecule has 17 heteroatoms. The van der Waals surface area contributed by atoms with Gasteiger partial charge in [0.15, 0.2) is 5.76 Å². The Morgan fingerprint density at radius 1 is 0.891 bits per heavy atom. The lowest BCUT2D eigenvalue weighted by Gasteiger charge is -2.32. The van der Waals surface area contributed by atoms with Gasteiger partial charge in [-0.3, -0.25) is 14.3 Å². The second kappa shape index (κ2) is 20.7. The summed E-state index contributed by atoms with van der Waals surface area (Å²) >= 11 is 0. The van der Waals surface area contributed by atoms with Crippen molar-refractivity contribution in [3.05, 3.63) is 88.0 Å². The first kappa shape index (κ1) is 42.1. The number of para-hydroxylation sites is 1. The molecule has 1 saturated heterocycles. The van der Waals surface area contributed by atoms with Gasteiger partial charge in [0.1, 0.15) is 5.75 Å². The molecule has 2 atom stereocenters. The second-order valence-corrected chi connectivity index (χ2v) is 14.7. The Labute approximate surface area is 321 Å². The maximum Gasteiger partial charge on any atom is 0.288 e. The summed E-state index contributed by atoms with van der Waals surface area (Å²) in [7, 11) is -0.722. The smallest absolute Gasteiger partial charge is 0.288 e. The third kappa shape index (κ3) is 11.0. The first-order chi connectivity index (χ1) is 26.6. The van der Waals surface area contributed by atoms with Crippen molar-refractivity contribution in [3.8, 4) is 11.4 Å². The van der Waals surface area contributed by atoms with Crippen LogP contribution in [0.5, 0.6) is 5.75 Å². The van der Waals surface area contributed by atoms with Crippen molar-refractivity contribution in [2.75, 3.05) is 99.4 Å². The molecule has 0 aliphatic carbocycles. The van der Waals surface area contributed by atoms with Gasteiger partial charge in [0.2, 0.25) is 16.3 Å². The van der Waals surface area contributed by atoms with Crippen molar-refractivity contribution in [1.29, 1.82) is 0 Å². The van der Waals surface area contributed by atoms with Crippen molar-refractivity contribution in [2.24, 2.45) is 7.05 Å². The van der Waals surface area contributed by atoms with E-state index in [-0.39, 0.29) is 68.6 Å². The van der Waals surface area contributed by atoms with E-state index in [2.05, 4.69) is 0 Å². The van der Waals surface area contributed by atoms with Crippen LogP contribution in [0.15, 0.2) is 76.1 Å². The van der Waals surface area contributed by atoms with Gasteiger partial charge in [-0.15, -0.1) is 0 Å². The normalized spacial score (nSPS) is 19.6. The van der Waals surface area contributed by atoms with E-state index in [1.54, 1.807) is 39.5 Å². The fourth-order valence-corrected chi connectivity index (χ4v) is 7.77. The Morgan fingerprint density at radius 2 is 1.49 bits per heavy atom. The van der Waals surface area contributed by atoms with Gasteiger partial charge in [-0.25, -0.2) is 13.1 Å². The van der Waals surface area contributed by atoms with Crippen LogP contribution in [0.1, 0.15) is 23.6 Å². The van der Waals surface area contributed by atoms with E-state index in [1.807, 2.05) is 37.3 Å². The lowest BCUT2D eigenvalue weighted by Crippen LogP contribution is -2.41. The van der Waals surface area contributed by atoms with E-state index in [0.717, 1.165) is 4.31 Å². The van der Waals surface area contributed by atoms with E-state index >= 15 is 0 Å². The zero-order valence-electron chi connectivity index (χ0n) is 31.7. The highest BCUT2D eigenvalue weighted by Crippen LogP contribution is 2.33. The third-order valence-electron chi connectivity index (χ3n) is 9.34. The van der Waals surface area contributed by atoms with Crippen molar-refractivity contribution in [3.63, 3.8) is 0 Å². The number of carbonyl (C=O) groups is 1. The molecule has 1 N–H and O–H groups in total. The summed E-state index contributed by atoms with van der Waals surface area (Å²) in [5, 5.41) is 9.75. The first-order valence-electron chi connectivity index (χ1n) is 18.3. The number of nitrogens with zero attached hydrogens (tertiary/aromatic N) is 4. The van der Waals surface area contributed by atoms with Gasteiger partial charge in [-0.1, -0.05) is 18.2 Å². The molecule has 5 rings (SSSR count). The number of hydrogen-bond donors (Lipinski definition) is 1. The summed E-state index contributed by atoms with van der Waals surface area (Å²) in [5.74, 6) is -0.551. The highest BCUT2D eigenvalue weighted by atomic mass is 32.2. The van der Waals surface area contributed by atoms with Crippen LogP contribution >= 0.6 is 0 Å². The average Bonchev–Trinajstić information content (AvgIpc) is 3.41. The lowest BCUT2D eigenvalue weighted by atomic mass is 9.93. The molecule has 0 spiro atoms. The van der Waals surface area contributed by atoms with Crippen LogP contribution in [0.4, 0.5) is 0 Å². The molecule has 0 saturated carbocycles. The molecule has 3 aromatic rings. The zero-order valence-corrected chi connectivity index (χ0v) is 32.5. The molecule has 2 aliphatic heterocycles. The molecule has 1 fully saturated rings. The van der Waals surface area contributed by atoms with Crippen LogP contribution < -0.4 is 10.3 Å². The molecule has 0 bridgehead atoms. The predicted octanol–water partition coefficient (Wildman–Crippen LogP) is 1.82. The Kier molecular flexibility index (Phi) is 15.9. The molecular weight excluding hydrogens is 737 g/mol. The summed E-state index contributed by atoms with van der Waals surface area (Å²) in [6.45, 7) is 4.31. The summed E-state index contributed by atoms with van der Waals surface area (Å²) in [6.07, 6.45) is 0.804. The quantitative estimate of drug-likeness (QED) is 0.283. The molecule has 3 heterocycles. The largest absolute Gasteiger partial charge is 0.497 e. The fraction of sp³-hybridized carbons (Fsp3) is 0.526. The number of aliphatic hydroxyl groups excluding tert-OH is 1. The Hall–Kier alpha value is -4.07. The van der Waals surface area contributed by atoms with Gasteiger partial charge >= 0.3 is 0 Å². The topological polar surface area (TPSA) is 169 Å². The third-order valence-corrected chi connectivity index (χ3v) is 11.3. The number of aromatic nitrogens is 2. The highest BCUT2D eigenvalue weighted by molar-refractivity contribution is 7.89. The van der Waals surface area contributed by atoms with Gasteiger partial charge in [0.25, 0.3) is 11.5 Å². The van der Waals surface area contributed by atoms with Gasteiger partial charge in [0.05, 0.1) is 83.8 Å². The van der Waals surface area contributed by atoms with Gasteiger partial charge < -0.3 is 43.2 Å². The van der Waals surface area contributed by atoms with Crippen LogP contribution in [-0.2, 0) is 50.3 Å². The monoisotopic (exact) mass is 788 g/mol. The maximum absolute atomic E-state index is 14.2. The minimum atomic E-state index is -4.01. The van der Waals surface area contributed by atoms with E-state index < -0.39 is 34.7 Å². The minimum absolute atomic E-state index is 0.0159. The number of hydrogen-bond acceptors (Lipinski definition) is 12.